The standard InChI is InChI=1S/C23H22FN5O/c1-16-19(17(2)29(28-16)18-7-4-3-5-8-18)11-12-23(30)27-14-13-26-22-10-6-9-21(24)20(22)15-25/h3-12,26H,13-14H2,1-2H3,(H,27,30). The summed E-state index contributed by atoms with van der Waals surface area (Å²) < 4.78 is 15.4. The van der Waals surface area contributed by atoms with Gasteiger partial charge in [-0.05, 0) is 44.2 Å². The normalized spacial score (nSPS) is 10.7. The van der Waals surface area contributed by atoms with E-state index in [1.54, 1.807) is 12.1 Å². The average Bonchev–Trinajstić information content (AvgIpc) is 3.04. The molecule has 1 aromatic heterocycles. The van der Waals surface area contributed by atoms with E-state index >= 15 is 0 Å². The van der Waals surface area contributed by atoms with Crippen LogP contribution in [0.4, 0.5) is 10.1 Å². The second-order valence-corrected chi connectivity index (χ2v) is 6.66. The summed E-state index contributed by atoms with van der Waals surface area (Å²) in [5.74, 6) is -0.820. The minimum Gasteiger partial charge on any atom is -0.382 e. The minimum atomic E-state index is -0.573. The van der Waals surface area contributed by atoms with Gasteiger partial charge in [0.25, 0.3) is 0 Å². The van der Waals surface area contributed by atoms with E-state index in [1.807, 2.05) is 54.9 Å². The largest absolute Gasteiger partial charge is 0.382 e. The number of aromatic nitrogens is 2. The highest BCUT2D eigenvalue weighted by molar-refractivity contribution is 5.92. The lowest BCUT2D eigenvalue weighted by Gasteiger charge is -2.08. The molecule has 0 spiro atoms. The van der Waals surface area contributed by atoms with Crippen molar-refractivity contribution >= 4 is 17.7 Å². The number of aryl methyl sites for hydroxylation is 1. The maximum absolute atomic E-state index is 13.6. The van der Waals surface area contributed by atoms with Gasteiger partial charge in [0, 0.05) is 30.4 Å². The smallest absolute Gasteiger partial charge is 0.244 e. The van der Waals surface area contributed by atoms with Gasteiger partial charge < -0.3 is 10.6 Å². The number of nitriles is 1. The molecular weight excluding hydrogens is 381 g/mol. The van der Waals surface area contributed by atoms with Gasteiger partial charge in [0.2, 0.25) is 5.91 Å². The lowest BCUT2D eigenvalue weighted by molar-refractivity contribution is -0.116. The molecule has 0 saturated carbocycles. The fraction of sp³-hybridized carbons (Fsp3) is 0.174. The molecule has 0 aliphatic carbocycles. The predicted molar refractivity (Wildman–Crippen MR) is 115 cm³/mol. The first kappa shape index (κ1) is 20.8. The quantitative estimate of drug-likeness (QED) is 0.465. The number of nitrogens with zero attached hydrogens (tertiary/aromatic N) is 3. The molecule has 1 heterocycles. The maximum Gasteiger partial charge on any atom is 0.244 e. The average molecular weight is 403 g/mol. The van der Waals surface area contributed by atoms with Gasteiger partial charge in [-0.3, -0.25) is 4.79 Å². The number of halogens is 1. The summed E-state index contributed by atoms with van der Waals surface area (Å²) in [6.45, 7) is 4.55. The first-order valence-electron chi connectivity index (χ1n) is 9.51. The second kappa shape index (κ2) is 9.52. The second-order valence-electron chi connectivity index (χ2n) is 6.66. The fourth-order valence-electron chi connectivity index (χ4n) is 3.10. The fourth-order valence-corrected chi connectivity index (χ4v) is 3.10. The van der Waals surface area contributed by atoms with Crippen molar-refractivity contribution in [1.82, 2.24) is 15.1 Å². The third kappa shape index (κ3) is 4.73. The molecule has 7 heteroatoms. The van der Waals surface area contributed by atoms with Gasteiger partial charge in [0.15, 0.2) is 0 Å². The molecule has 0 radical (unpaired) electrons. The number of hydrogen-bond donors (Lipinski definition) is 2. The number of benzene rings is 2. The van der Waals surface area contributed by atoms with Gasteiger partial charge >= 0.3 is 0 Å². The number of para-hydroxylation sites is 1. The van der Waals surface area contributed by atoms with Crippen LogP contribution < -0.4 is 10.6 Å². The molecule has 0 fully saturated rings. The first-order valence-corrected chi connectivity index (χ1v) is 9.51. The number of nitrogens with one attached hydrogen (secondary N) is 2. The van der Waals surface area contributed by atoms with E-state index in [1.165, 1.54) is 18.2 Å². The Bertz CT molecular complexity index is 1110. The molecule has 0 unspecified atom stereocenters. The van der Waals surface area contributed by atoms with E-state index in [9.17, 15) is 9.18 Å². The van der Waals surface area contributed by atoms with Crippen molar-refractivity contribution in [2.45, 2.75) is 13.8 Å². The molecule has 0 bridgehead atoms. The molecule has 6 nitrogen and oxygen atoms in total. The Hall–Kier alpha value is -3.92. The number of rotatable bonds is 7. The van der Waals surface area contributed by atoms with Gasteiger partial charge in [0.05, 0.1) is 17.1 Å². The SMILES string of the molecule is Cc1nn(-c2ccccc2)c(C)c1C=CC(=O)NCCNc1cccc(F)c1C#N. The molecule has 30 heavy (non-hydrogen) atoms. The number of carbonyl (C=O) groups excluding carboxylic acids is 1. The Morgan fingerprint density at radius 1 is 1.17 bits per heavy atom. The van der Waals surface area contributed by atoms with Crippen LogP contribution in [0.1, 0.15) is 22.5 Å². The highest BCUT2D eigenvalue weighted by atomic mass is 19.1. The van der Waals surface area contributed by atoms with E-state index in [2.05, 4.69) is 15.7 Å². The molecule has 1 amide bonds. The topological polar surface area (TPSA) is 82.7 Å². The third-order valence-electron chi connectivity index (χ3n) is 4.61. The zero-order chi connectivity index (χ0) is 21.5. The van der Waals surface area contributed by atoms with Crippen LogP contribution in [0.5, 0.6) is 0 Å². The van der Waals surface area contributed by atoms with Crippen LogP contribution in [0.15, 0.2) is 54.6 Å². The van der Waals surface area contributed by atoms with Gasteiger partial charge in [-0.2, -0.15) is 10.4 Å². The maximum atomic E-state index is 13.6. The highest BCUT2D eigenvalue weighted by Crippen LogP contribution is 2.19. The summed E-state index contributed by atoms with van der Waals surface area (Å²) in [5.41, 5.74) is 4.00. The molecule has 152 valence electrons. The van der Waals surface area contributed by atoms with Crippen molar-refractivity contribution in [2.24, 2.45) is 0 Å². The Morgan fingerprint density at radius 3 is 2.67 bits per heavy atom. The summed E-state index contributed by atoms with van der Waals surface area (Å²) in [7, 11) is 0. The molecule has 0 saturated heterocycles. The van der Waals surface area contributed by atoms with Crippen LogP contribution in [0.3, 0.4) is 0 Å². The van der Waals surface area contributed by atoms with E-state index in [0.717, 1.165) is 22.6 Å². The molecule has 2 N–H and O–H groups in total. The Balaban J connectivity index is 1.57. The number of hydrogen-bond acceptors (Lipinski definition) is 4. The summed E-state index contributed by atoms with van der Waals surface area (Å²) >= 11 is 0. The zero-order valence-electron chi connectivity index (χ0n) is 16.8. The highest BCUT2D eigenvalue weighted by Gasteiger charge is 2.11. The van der Waals surface area contributed by atoms with E-state index in [4.69, 9.17) is 5.26 Å². The number of amides is 1. The Morgan fingerprint density at radius 2 is 1.93 bits per heavy atom. The predicted octanol–water partition coefficient (Wildman–Crippen LogP) is 3.74. The van der Waals surface area contributed by atoms with Crippen LogP contribution in [0.2, 0.25) is 0 Å². The van der Waals surface area contributed by atoms with E-state index < -0.39 is 5.82 Å². The van der Waals surface area contributed by atoms with E-state index in [0.29, 0.717) is 18.8 Å². The molecule has 3 aromatic rings. The van der Waals surface area contributed by atoms with Gasteiger partial charge in [-0.1, -0.05) is 24.3 Å². The van der Waals surface area contributed by atoms with Crippen molar-refractivity contribution < 1.29 is 9.18 Å². The Kier molecular flexibility index (Phi) is 6.60. The van der Waals surface area contributed by atoms with Gasteiger partial charge in [-0.15, -0.1) is 0 Å². The van der Waals surface area contributed by atoms with Crippen LogP contribution in [-0.4, -0.2) is 28.8 Å². The lowest BCUT2D eigenvalue weighted by atomic mass is 10.2. The monoisotopic (exact) mass is 403 g/mol. The Labute approximate surface area is 174 Å². The van der Waals surface area contributed by atoms with Gasteiger partial charge in [-0.25, -0.2) is 9.07 Å². The minimum absolute atomic E-state index is 0.0369. The van der Waals surface area contributed by atoms with Crippen molar-refractivity contribution in [3.63, 3.8) is 0 Å². The van der Waals surface area contributed by atoms with Crippen LogP contribution in [-0.2, 0) is 4.79 Å². The number of carbonyl (C=O) groups is 1. The van der Waals surface area contributed by atoms with Crippen LogP contribution in [0.25, 0.3) is 11.8 Å². The van der Waals surface area contributed by atoms with Crippen molar-refractivity contribution in [2.75, 3.05) is 18.4 Å². The van der Waals surface area contributed by atoms with Crippen LogP contribution >= 0.6 is 0 Å². The summed E-state index contributed by atoms with van der Waals surface area (Å²) in [6, 6.07) is 16.0. The zero-order valence-corrected chi connectivity index (χ0v) is 16.8. The summed E-state index contributed by atoms with van der Waals surface area (Å²) in [4.78, 5) is 12.1. The van der Waals surface area contributed by atoms with Crippen molar-refractivity contribution in [3.05, 3.63) is 82.9 Å². The van der Waals surface area contributed by atoms with Crippen molar-refractivity contribution in [3.8, 4) is 11.8 Å². The first-order chi connectivity index (χ1) is 14.5. The van der Waals surface area contributed by atoms with E-state index in [-0.39, 0.29) is 11.5 Å². The van der Waals surface area contributed by atoms with Crippen LogP contribution in [0, 0.1) is 31.0 Å². The molecule has 0 atom stereocenters. The number of anilines is 1. The third-order valence-corrected chi connectivity index (χ3v) is 4.61. The molecule has 3 rings (SSSR count). The molecule has 2 aromatic carbocycles. The van der Waals surface area contributed by atoms with Gasteiger partial charge in [0.1, 0.15) is 17.4 Å². The lowest BCUT2D eigenvalue weighted by Crippen LogP contribution is -2.27. The summed E-state index contributed by atoms with van der Waals surface area (Å²) in [6.07, 6.45) is 3.22. The van der Waals surface area contributed by atoms with Crippen molar-refractivity contribution in [1.29, 1.82) is 5.26 Å². The molecule has 0 aliphatic rings. The molecular formula is C23H22FN5O. The molecule has 0 aliphatic heterocycles. The summed E-state index contributed by atoms with van der Waals surface area (Å²) in [5, 5.41) is 19.3.